The van der Waals surface area contributed by atoms with E-state index in [9.17, 15) is 4.79 Å². The second kappa shape index (κ2) is 11.1. The van der Waals surface area contributed by atoms with Crippen LogP contribution < -0.4 is 5.32 Å². The van der Waals surface area contributed by atoms with Crippen LogP contribution in [0.3, 0.4) is 0 Å². The largest absolute Gasteiger partial charge is 0.337 e. The first kappa shape index (κ1) is 27.4. The third-order valence-electron chi connectivity index (χ3n) is 12.3. The highest BCUT2D eigenvalue weighted by molar-refractivity contribution is 5.83. The van der Waals surface area contributed by atoms with Crippen LogP contribution in [0.25, 0.3) is 0 Å². The van der Waals surface area contributed by atoms with Gasteiger partial charge in [0.1, 0.15) is 5.78 Å². The predicted octanol–water partition coefficient (Wildman–Crippen LogP) is 7.53. The summed E-state index contributed by atoms with van der Waals surface area (Å²) in [7, 11) is 0. The maximum atomic E-state index is 13.9. The van der Waals surface area contributed by atoms with Crippen LogP contribution in [-0.4, -0.2) is 27.9 Å². The summed E-state index contributed by atoms with van der Waals surface area (Å²) < 4.78 is 2.16. The molecule has 0 saturated heterocycles. The Bertz CT molecular complexity index is 895. The molecule has 5 rings (SSSR count). The molecule has 4 aliphatic rings. The Kier molecular flexibility index (Phi) is 8.25. The number of carbonyl (C=O) groups excluding carboxylic acids is 1. The zero-order valence-electron chi connectivity index (χ0n) is 24.6. The number of carbonyl (C=O) groups is 1. The lowest BCUT2D eigenvalue weighted by Crippen LogP contribution is -2.58. The van der Waals surface area contributed by atoms with Crippen molar-refractivity contribution in [3.05, 3.63) is 18.7 Å². The smallest absolute Gasteiger partial charge is 0.136 e. The van der Waals surface area contributed by atoms with Crippen molar-refractivity contribution in [1.82, 2.24) is 14.9 Å². The summed E-state index contributed by atoms with van der Waals surface area (Å²) in [4.78, 5) is 18.1. The normalized spacial score (nSPS) is 40.3. The van der Waals surface area contributed by atoms with Crippen molar-refractivity contribution in [2.75, 3.05) is 6.54 Å². The number of hydrogen-bond acceptors (Lipinski definition) is 3. The number of nitrogens with one attached hydrogen (secondary N) is 1. The van der Waals surface area contributed by atoms with E-state index in [1.807, 2.05) is 18.7 Å². The minimum Gasteiger partial charge on any atom is -0.337 e. The Morgan fingerprint density at radius 3 is 2.57 bits per heavy atom. The summed E-state index contributed by atoms with van der Waals surface area (Å²) in [6, 6.07) is 0.585. The molecule has 1 aromatic heterocycles. The number of nitrogens with zero attached hydrogens (tertiary/aromatic N) is 2. The highest BCUT2D eigenvalue weighted by Crippen LogP contribution is 2.67. The predicted molar refractivity (Wildman–Crippen MR) is 152 cm³/mol. The molecule has 1 N–H and O–H groups in total. The van der Waals surface area contributed by atoms with Crippen LogP contribution in [0.1, 0.15) is 112 Å². The molecule has 0 spiro atoms. The van der Waals surface area contributed by atoms with Crippen LogP contribution in [-0.2, 0) is 11.3 Å². The van der Waals surface area contributed by atoms with Gasteiger partial charge in [0.05, 0.1) is 6.33 Å². The van der Waals surface area contributed by atoms with Crippen molar-refractivity contribution in [1.29, 1.82) is 0 Å². The van der Waals surface area contributed by atoms with Crippen LogP contribution in [0.2, 0.25) is 0 Å². The molecule has 0 radical (unpaired) electrons. The molecule has 0 aliphatic heterocycles. The van der Waals surface area contributed by atoms with Gasteiger partial charge in [-0.25, -0.2) is 4.98 Å². The van der Waals surface area contributed by atoms with E-state index in [2.05, 4.69) is 49.5 Å². The highest BCUT2D eigenvalue weighted by atomic mass is 16.1. The lowest BCUT2D eigenvalue weighted by Gasteiger charge is -2.60. The summed E-state index contributed by atoms with van der Waals surface area (Å²) in [6.07, 6.45) is 21.1. The zero-order chi connectivity index (χ0) is 26.2. The molecule has 37 heavy (non-hydrogen) atoms. The van der Waals surface area contributed by atoms with E-state index in [0.29, 0.717) is 46.3 Å². The summed E-state index contributed by atoms with van der Waals surface area (Å²) in [6.45, 7) is 14.5. The Morgan fingerprint density at radius 2 is 1.81 bits per heavy atom. The van der Waals surface area contributed by atoms with E-state index in [1.54, 1.807) is 0 Å². The van der Waals surface area contributed by atoms with Crippen molar-refractivity contribution in [2.24, 2.45) is 52.3 Å². The minimum atomic E-state index is 0.354. The van der Waals surface area contributed by atoms with Gasteiger partial charge in [0.25, 0.3) is 0 Å². The van der Waals surface area contributed by atoms with Gasteiger partial charge in [-0.2, -0.15) is 0 Å². The van der Waals surface area contributed by atoms with Crippen molar-refractivity contribution >= 4 is 5.78 Å². The van der Waals surface area contributed by atoms with Crippen LogP contribution in [0, 0.1) is 52.3 Å². The number of hydrogen-bond donors (Lipinski definition) is 1. The molecule has 0 aromatic carbocycles. The Morgan fingerprint density at radius 1 is 1.03 bits per heavy atom. The van der Waals surface area contributed by atoms with Crippen LogP contribution in [0.5, 0.6) is 0 Å². The Labute approximate surface area is 227 Å². The molecule has 0 bridgehead atoms. The minimum absolute atomic E-state index is 0.354. The molecule has 9 atom stereocenters. The molecule has 208 valence electrons. The van der Waals surface area contributed by atoms with E-state index in [0.717, 1.165) is 43.7 Å². The third-order valence-corrected chi connectivity index (χ3v) is 12.3. The lowest BCUT2D eigenvalue weighted by molar-refractivity contribution is -0.157. The highest BCUT2D eigenvalue weighted by Gasteiger charge is 2.63. The zero-order valence-corrected chi connectivity index (χ0v) is 24.6. The molecule has 1 heterocycles. The number of aryl methyl sites for hydroxylation is 1. The number of rotatable bonds is 10. The summed E-state index contributed by atoms with van der Waals surface area (Å²) in [5.41, 5.74) is 0.765. The van der Waals surface area contributed by atoms with Gasteiger partial charge < -0.3 is 9.88 Å². The topological polar surface area (TPSA) is 46.9 Å². The van der Waals surface area contributed by atoms with Crippen LogP contribution in [0.4, 0.5) is 0 Å². The maximum absolute atomic E-state index is 13.9. The number of fused-ring (bicyclic) bond motifs is 5. The quantitative estimate of drug-likeness (QED) is 0.332. The van der Waals surface area contributed by atoms with E-state index in [-0.39, 0.29) is 0 Å². The molecular weight excluding hydrogens is 454 g/mol. The van der Waals surface area contributed by atoms with E-state index < -0.39 is 0 Å². The monoisotopic (exact) mass is 509 g/mol. The fourth-order valence-electron chi connectivity index (χ4n) is 10.1. The van der Waals surface area contributed by atoms with Crippen molar-refractivity contribution < 1.29 is 4.79 Å². The van der Waals surface area contributed by atoms with Gasteiger partial charge in [-0.05, 0) is 104 Å². The van der Waals surface area contributed by atoms with Crippen molar-refractivity contribution in [3.63, 3.8) is 0 Å². The van der Waals surface area contributed by atoms with E-state index in [4.69, 9.17) is 0 Å². The number of imidazole rings is 1. The fourth-order valence-corrected chi connectivity index (χ4v) is 10.1. The first-order valence-electron chi connectivity index (χ1n) is 15.9. The standard InChI is InChI=1S/C33H55N3O/c1-23(2)8-6-9-24(3)27-10-11-28-31-29(13-15-33(27,28)5)32(4)14-12-26(20-25(32)21-30(31)37)35-16-7-18-36-19-17-34-22-36/h17,19,22-29,31,35H,6-16,18,20-21H2,1-5H3/t24-,25-,26-,27-,28+,29+,31+,32+,33-/m1/s1. The van der Waals surface area contributed by atoms with E-state index >= 15 is 0 Å². The SMILES string of the molecule is CC(C)CCC[C@@H](C)[C@H]1CC[C@H]2[C@@H]3C(=O)C[C@H]4C[C@H](NCCCn5ccnc5)CC[C@]4(C)[C@H]3CC[C@]12C. The van der Waals surface area contributed by atoms with Gasteiger partial charge in [-0.3, -0.25) is 4.79 Å². The molecular formula is C33H55N3O. The molecule has 1 aromatic rings. The fraction of sp³-hybridized carbons (Fsp3) is 0.879. The molecule has 4 nitrogen and oxygen atoms in total. The van der Waals surface area contributed by atoms with Gasteiger partial charge in [0.15, 0.2) is 0 Å². The molecule has 0 unspecified atom stereocenters. The van der Waals surface area contributed by atoms with Gasteiger partial charge >= 0.3 is 0 Å². The van der Waals surface area contributed by atoms with Crippen LogP contribution >= 0.6 is 0 Å². The summed E-state index contributed by atoms with van der Waals surface area (Å²) in [5.74, 6) is 5.31. The van der Waals surface area contributed by atoms with Gasteiger partial charge in [-0.1, -0.05) is 53.9 Å². The van der Waals surface area contributed by atoms with Crippen molar-refractivity contribution in [3.8, 4) is 0 Å². The average molecular weight is 510 g/mol. The van der Waals surface area contributed by atoms with Gasteiger partial charge in [0, 0.05) is 37.3 Å². The van der Waals surface area contributed by atoms with E-state index in [1.165, 1.54) is 64.2 Å². The number of ketones is 1. The summed E-state index contributed by atoms with van der Waals surface area (Å²) in [5, 5.41) is 3.86. The first-order chi connectivity index (χ1) is 17.7. The molecule has 0 amide bonds. The van der Waals surface area contributed by atoms with Gasteiger partial charge in [-0.15, -0.1) is 0 Å². The molecule has 4 fully saturated rings. The maximum Gasteiger partial charge on any atom is 0.136 e. The van der Waals surface area contributed by atoms with Crippen molar-refractivity contribution in [2.45, 2.75) is 124 Å². The lowest BCUT2D eigenvalue weighted by atomic mass is 9.44. The Hall–Kier alpha value is -1.16. The third kappa shape index (κ3) is 5.35. The number of Topliss-reactive ketones (excluding diaryl/α,β-unsaturated/α-hetero) is 1. The van der Waals surface area contributed by atoms with Crippen LogP contribution in [0.15, 0.2) is 18.7 Å². The average Bonchev–Trinajstić information content (AvgIpc) is 3.49. The van der Waals surface area contributed by atoms with Gasteiger partial charge in [0.2, 0.25) is 0 Å². The Balaban J connectivity index is 1.19. The molecule has 4 heteroatoms. The molecule has 4 saturated carbocycles. The second-order valence-corrected chi connectivity index (χ2v) is 14.7. The first-order valence-corrected chi connectivity index (χ1v) is 15.9. The molecule has 4 aliphatic carbocycles. The summed E-state index contributed by atoms with van der Waals surface area (Å²) >= 11 is 0. The second-order valence-electron chi connectivity index (χ2n) is 14.7. The number of aromatic nitrogens is 2.